The van der Waals surface area contributed by atoms with E-state index in [0.717, 1.165) is 29.5 Å². The smallest absolute Gasteiger partial charge is 0.337 e. The summed E-state index contributed by atoms with van der Waals surface area (Å²) in [5.74, 6) is -2.47. The Bertz CT molecular complexity index is 1180. The fourth-order valence-corrected chi connectivity index (χ4v) is 2.87. The van der Waals surface area contributed by atoms with Gasteiger partial charge in [-0.2, -0.15) is 0 Å². The number of carbonyl (C=O) groups excluding carboxylic acids is 1. The van der Waals surface area contributed by atoms with Gasteiger partial charge in [0, 0.05) is 17.9 Å². The molecule has 0 aliphatic carbocycles. The molecule has 33 heavy (non-hydrogen) atoms. The zero-order valence-corrected chi connectivity index (χ0v) is 18.7. The maximum atomic E-state index is 13.4. The summed E-state index contributed by atoms with van der Waals surface area (Å²) in [5.41, 5.74) is 11.7. The summed E-state index contributed by atoms with van der Waals surface area (Å²) in [6, 6.07) is 11.3. The zero-order valence-electron chi connectivity index (χ0n) is 17.2. The largest absolute Gasteiger partial charge is 0.497 e. The number of anilines is 2. The molecule has 0 saturated carbocycles. The maximum absolute atomic E-state index is 13.4. The van der Waals surface area contributed by atoms with Crippen LogP contribution in [-0.2, 0) is 6.54 Å². The first-order valence-electron chi connectivity index (χ1n) is 9.17. The quantitative estimate of drug-likeness (QED) is 0.376. The SMILES string of the molecule is COc1ccc(CNC(=O)c2cc(F)c(Cl)cc2N)cc1.Nc1cc(Cl)c(F)cc1C(=O)O. The van der Waals surface area contributed by atoms with E-state index >= 15 is 0 Å². The van der Waals surface area contributed by atoms with Gasteiger partial charge in [0.1, 0.15) is 17.4 Å². The molecule has 0 radical (unpaired) electrons. The van der Waals surface area contributed by atoms with E-state index in [2.05, 4.69) is 5.32 Å². The van der Waals surface area contributed by atoms with Gasteiger partial charge in [0.2, 0.25) is 0 Å². The van der Waals surface area contributed by atoms with Crippen LogP contribution in [0.2, 0.25) is 10.0 Å². The third-order valence-electron chi connectivity index (χ3n) is 4.27. The van der Waals surface area contributed by atoms with Crippen LogP contribution in [-0.4, -0.2) is 24.1 Å². The predicted octanol–water partition coefficient (Wildman–Crippen LogP) is 4.76. The molecule has 174 valence electrons. The Morgan fingerprint density at radius 3 is 1.91 bits per heavy atom. The number of aromatic carboxylic acids is 1. The van der Waals surface area contributed by atoms with E-state index in [1.54, 1.807) is 19.2 Å². The summed E-state index contributed by atoms with van der Waals surface area (Å²) in [6.45, 7) is 0.298. The molecule has 0 heterocycles. The lowest BCUT2D eigenvalue weighted by Crippen LogP contribution is -2.24. The van der Waals surface area contributed by atoms with Crippen molar-refractivity contribution < 1.29 is 28.2 Å². The van der Waals surface area contributed by atoms with Gasteiger partial charge in [-0.05, 0) is 42.0 Å². The highest BCUT2D eigenvalue weighted by Crippen LogP contribution is 2.23. The average molecular weight is 498 g/mol. The molecule has 0 aromatic heterocycles. The highest BCUT2D eigenvalue weighted by molar-refractivity contribution is 6.31. The minimum absolute atomic E-state index is 0.0473. The lowest BCUT2D eigenvalue weighted by molar-refractivity contribution is 0.0697. The van der Waals surface area contributed by atoms with Gasteiger partial charge in [-0.3, -0.25) is 4.79 Å². The molecule has 0 bridgehead atoms. The van der Waals surface area contributed by atoms with Crippen LogP contribution in [0.4, 0.5) is 20.2 Å². The number of amides is 1. The molecular weight excluding hydrogens is 479 g/mol. The first kappa shape index (κ1) is 25.7. The van der Waals surface area contributed by atoms with Gasteiger partial charge in [-0.1, -0.05) is 35.3 Å². The third-order valence-corrected chi connectivity index (χ3v) is 4.85. The summed E-state index contributed by atoms with van der Waals surface area (Å²) >= 11 is 10.9. The number of hydrogen-bond acceptors (Lipinski definition) is 5. The number of benzene rings is 3. The van der Waals surface area contributed by atoms with Crippen LogP contribution in [0.25, 0.3) is 0 Å². The standard InChI is InChI=1S/C15H14ClFN2O2.C7H5ClFNO2/c1-21-10-4-2-9(3-5-10)8-19-15(20)11-6-13(17)12(16)7-14(11)18;8-4-2-6(10)3(7(11)12)1-5(4)9/h2-7H,8,18H2,1H3,(H,19,20);1-2H,10H2,(H,11,12). The van der Waals surface area contributed by atoms with E-state index in [9.17, 15) is 18.4 Å². The van der Waals surface area contributed by atoms with Crippen molar-refractivity contribution in [2.45, 2.75) is 6.54 Å². The van der Waals surface area contributed by atoms with Crippen LogP contribution in [0.15, 0.2) is 48.5 Å². The van der Waals surface area contributed by atoms with Crippen LogP contribution < -0.4 is 21.5 Å². The van der Waals surface area contributed by atoms with Crippen molar-refractivity contribution in [3.63, 3.8) is 0 Å². The Balaban J connectivity index is 0.000000273. The van der Waals surface area contributed by atoms with E-state index in [1.165, 1.54) is 6.07 Å². The molecule has 1 amide bonds. The first-order valence-corrected chi connectivity index (χ1v) is 9.92. The number of methoxy groups -OCH3 is 1. The molecule has 3 aromatic rings. The van der Waals surface area contributed by atoms with Crippen LogP contribution in [0.1, 0.15) is 26.3 Å². The van der Waals surface area contributed by atoms with E-state index < -0.39 is 23.5 Å². The molecule has 0 saturated heterocycles. The van der Waals surface area contributed by atoms with E-state index in [4.69, 9.17) is 44.5 Å². The first-order chi connectivity index (χ1) is 15.5. The van der Waals surface area contributed by atoms with Crippen LogP contribution >= 0.6 is 23.2 Å². The van der Waals surface area contributed by atoms with Crippen LogP contribution in [0, 0.1) is 11.6 Å². The van der Waals surface area contributed by atoms with Gasteiger partial charge in [0.05, 0.1) is 28.3 Å². The van der Waals surface area contributed by atoms with Crippen molar-refractivity contribution in [3.8, 4) is 5.75 Å². The molecule has 6 N–H and O–H groups in total. The molecule has 3 rings (SSSR count). The highest BCUT2D eigenvalue weighted by atomic mass is 35.5. The topological polar surface area (TPSA) is 128 Å². The number of halogens is 4. The van der Waals surface area contributed by atoms with E-state index in [1.807, 2.05) is 12.1 Å². The molecule has 0 fully saturated rings. The predicted molar refractivity (Wildman–Crippen MR) is 123 cm³/mol. The van der Waals surface area contributed by atoms with Crippen molar-refractivity contribution >= 4 is 46.5 Å². The van der Waals surface area contributed by atoms with Crippen molar-refractivity contribution in [2.24, 2.45) is 0 Å². The summed E-state index contributed by atoms with van der Waals surface area (Å²) in [4.78, 5) is 22.4. The van der Waals surface area contributed by atoms with Crippen molar-refractivity contribution in [1.82, 2.24) is 5.32 Å². The summed E-state index contributed by atoms with van der Waals surface area (Å²) < 4.78 is 31.1. The Labute approximate surface area is 197 Å². The molecule has 0 aliphatic heterocycles. The number of rotatable bonds is 5. The highest BCUT2D eigenvalue weighted by Gasteiger charge is 2.13. The summed E-state index contributed by atoms with van der Waals surface area (Å²) in [7, 11) is 1.58. The molecule has 3 aromatic carbocycles. The minimum atomic E-state index is -1.27. The van der Waals surface area contributed by atoms with Gasteiger partial charge in [0.25, 0.3) is 5.91 Å². The van der Waals surface area contributed by atoms with E-state index in [0.29, 0.717) is 6.54 Å². The zero-order chi connectivity index (χ0) is 24.7. The van der Waals surface area contributed by atoms with Gasteiger partial charge in [-0.15, -0.1) is 0 Å². The Kier molecular flexibility index (Phi) is 8.84. The molecule has 0 unspecified atom stereocenters. The van der Waals surface area contributed by atoms with Crippen molar-refractivity contribution in [1.29, 1.82) is 0 Å². The third kappa shape index (κ3) is 6.96. The molecule has 0 spiro atoms. The fourth-order valence-electron chi connectivity index (χ4n) is 2.53. The number of hydrogen-bond donors (Lipinski definition) is 4. The van der Waals surface area contributed by atoms with Crippen molar-refractivity contribution in [2.75, 3.05) is 18.6 Å². The molecule has 0 atom stereocenters. The summed E-state index contributed by atoms with van der Waals surface area (Å²) in [6.07, 6.45) is 0. The summed E-state index contributed by atoms with van der Waals surface area (Å²) in [5, 5.41) is 10.9. The number of carbonyl (C=O) groups is 2. The van der Waals surface area contributed by atoms with Crippen LogP contribution in [0.3, 0.4) is 0 Å². The van der Waals surface area contributed by atoms with Gasteiger partial charge in [-0.25, -0.2) is 13.6 Å². The Morgan fingerprint density at radius 2 is 1.42 bits per heavy atom. The van der Waals surface area contributed by atoms with E-state index in [-0.39, 0.29) is 32.5 Å². The maximum Gasteiger partial charge on any atom is 0.337 e. The second-order valence-corrected chi connectivity index (χ2v) is 7.36. The molecule has 11 heteroatoms. The van der Waals surface area contributed by atoms with Crippen molar-refractivity contribution in [3.05, 3.63) is 86.9 Å². The van der Waals surface area contributed by atoms with Gasteiger partial charge in [0.15, 0.2) is 0 Å². The molecule has 0 aliphatic rings. The second-order valence-electron chi connectivity index (χ2n) is 6.54. The number of carboxylic acids is 1. The van der Waals surface area contributed by atoms with Gasteiger partial charge >= 0.3 is 5.97 Å². The Hall–Kier alpha value is -3.56. The lowest BCUT2D eigenvalue weighted by atomic mass is 10.1. The monoisotopic (exact) mass is 497 g/mol. The second kappa shape index (κ2) is 11.3. The molecular formula is C22H19Cl2F2N3O4. The number of carboxylic acid groups (broad SMARTS) is 1. The fraction of sp³-hybridized carbons (Fsp3) is 0.0909. The number of ether oxygens (including phenoxy) is 1. The minimum Gasteiger partial charge on any atom is -0.497 e. The van der Waals surface area contributed by atoms with Crippen LogP contribution in [0.5, 0.6) is 5.75 Å². The van der Waals surface area contributed by atoms with Gasteiger partial charge < -0.3 is 26.6 Å². The average Bonchev–Trinajstić information content (AvgIpc) is 2.77. The number of nitrogen functional groups attached to an aromatic ring is 2. The lowest BCUT2D eigenvalue weighted by Gasteiger charge is -2.09. The number of nitrogens with one attached hydrogen (secondary N) is 1. The number of nitrogens with two attached hydrogens (primary N) is 2. The normalized spacial score (nSPS) is 10.1. The molecule has 7 nitrogen and oxygen atoms in total. The Morgan fingerprint density at radius 1 is 0.939 bits per heavy atom.